The van der Waals surface area contributed by atoms with Crippen molar-refractivity contribution in [2.24, 2.45) is 0 Å². The number of rotatable bonds is 5. The molecule has 1 heterocycles. The van der Waals surface area contributed by atoms with E-state index in [9.17, 15) is 4.39 Å². The molecular weight excluding hydrogens is 189 g/mol. The van der Waals surface area contributed by atoms with Crippen LogP contribution in [0.5, 0.6) is 0 Å². The molecule has 0 fully saturated rings. The van der Waals surface area contributed by atoms with Crippen LogP contribution in [0.15, 0.2) is 12.4 Å². The molecule has 78 valence electrons. The van der Waals surface area contributed by atoms with Crippen LogP contribution in [0.1, 0.15) is 0 Å². The zero-order valence-electron chi connectivity index (χ0n) is 8.03. The molecule has 1 rings (SSSR count). The van der Waals surface area contributed by atoms with Gasteiger partial charge in [0, 0.05) is 20.3 Å². The van der Waals surface area contributed by atoms with E-state index in [1.807, 2.05) is 0 Å². The monoisotopic (exact) mass is 201 g/mol. The third-order valence-electron chi connectivity index (χ3n) is 1.61. The molecule has 14 heavy (non-hydrogen) atoms. The number of aromatic nitrogens is 2. The number of nitrogens with one attached hydrogen (secondary N) is 1. The van der Waals surface area contributed by atoms with Crippen molar-refractivity contribution < 1.29 is 13.9 Å². The summed E-state index contributed by atoms with van der Waals surface area (Å²) in [5.41, 5.74) is 0. The molecule has 0 unspecified atom stereocenters. The van der Waals surface area contributed by atoms with Crippen molar-refractivity contribution >= 4 is 5.82 Å². The predicted octanol–water partition coefficient (Wildman–Crippen LogP) is 0.646. The molecule has 6 heteroatoms. The molecule has 0 aliphatic heterocycles. The van der Waals surface area contributed by atoms with Gasteiger partial charge in [-0.25, -0.2) is 9.97 Å². The van der Waals surface area contributed by atoms with Gasteiger partial charge in [0.05, 0.1) is 6.54 Å². The lowest BCUT2D eigenvalue weighted by atomic mass is 10.5. The number of hydrogen-bond donors (Lipinski definition) is 1. The SMILES string of the molecule is COC(CNc1cc(F)ncn1)OC. The molecule has 0 bridgehead atoms. The molecule has 1 N–H and O–H groups in total. The van der Waals surface area contributed by atoms with Gasteiger partial charge in [0.1, 0.15) is 12.1 Å². The number of halogens is 1. The topological polar surface area (TPSA) is 56.3 Å². The summed E-state index contributed by atoms with van der Waals surface area (Å²) in [4.78, 5) is 7.13. The van der Waals surface area contributed by atoms with Crippen LogP contribution in [0.25, 0.3) is 0 Å². The van der Waals surface area contributed by atoms with Crippen LogP contribution < -0.4 is 5.32 Å². The quantitative estimate of drug-likeness (QED) is 0.559. The summed E-state index contributed by atoms with van der Waals surface area (Å²) in [7, 11) is 3.05. The third kappa shape index (κ3) is 3.23. The summed E-state index contributed by atoms with van der Waals surface area (Å²) >= 11 is 0. The maximum absolute atomic E-state index is 12.6. The van der Waals surface area contributed by atoms with Gasteiger partial charge in [-0.05, 0) is 0 Å². The van der Waals surface area contributed by atoms with E-state index in [2.05, 4.69) is 15.3 Å². The molecule has 0 aromatic carbocycles. The highest BCUT2D eigenvalue weighted by Crippen LogP contribution is 2.02. The Labute approximate surface area is 81.3 Å². The van der Waals surface area contributed by atoms with Gasteiger partial charge < -0.3 is 14.8 Å². The summed E-state index contributed by atoms with van der Waals surface area (Å²) in [6.07, 6.45) is 0.764. The van der Waals surface area contributed by atoms with Gasteiger partial charge in [-0.3, -0.25) is 0 Å². The first-order valence-corrected chi connectivity index (χ1v) is 4.03. The van der Waals surface area contributed by atoms with Crippen LogP contribution in [-0.2, 0) is 9.47 Å². The number of methoxy groups -OCH3 is 2. The molecule has 0 amide bonds. The van der Waals surface area contributed by atoms with E-state index in [0.29, 0.717) is 12.4 Å². The van der Waals surface area contributed by atoms with Crippen molar-refractivity contribution in [3.63, 3.8) is 0 Å². The number of nitrogens with zero attached hydrogens (tertiary/aromatic N) is 2. The van der Waals surface area contributed by atoms with Crippen LogP contribution >= 0.6 is 0 Å². The van der Waals surface area contributed by atoms with Crippen molar-refractivity contribution in [3.8, 4) is 0 Å². The lowest BCUT2D eigenvalue weighted by Crippen LogP contribution is -2.24. The second-order valence-electron chi connectivity index (χ2n) is 2.51. The summed E-state index contributed by atoms with van der Waals surface area (Å²) in [5, 5.41) is 2.85. The van der Waals surface area contributed by atoms with Crippen molar-refractivity contribution in [2.45, 2.75) is 6.29 Å². The Kier molecular flexibility index (Phi) is 4.21. The fourth-order valence-corrected chi connectivity index (χ4v) is 0.881. The first-order valence-electron chi connectivity index (χ1n) is 4.03. The lowest BCUT2D eigenvalue weighted by Gasteiger charge is -2.13. The van der Waals surface area contributed by atoms with Gasteiger partial charge in [-0.15, -0.1) is 0 Å². The Bertz CT molecular complexity index is 281. The second-order valence-corrected chi connectivity index (χ2v) is 2.51. The highest BCUT2D eigenvalue weighted by molar-refractivity contribution is 5.31. The largest absolute Gasteiger partial charge is 0.365 e. The molecule has 0 spiro atoms. The zero-order chi connectivity index (χ0) is 10.4. The number of ether oxygens (including phenoxy) is 2. The molecule has 0 saturated carbocycles. The van der Waals surface area contributed by atoms with Gasteiger partial charge in [0.2, 0.25) is 5.95 Å². The number of hydrogen-bond acceptors (Lipinski definition) is 5. The smallest absolute Gasteiger partial charge is 0.217 e. The lowest BCUT2D eigenvalue weighted by molar-refractivity contribution is -0.0914. The van der Waals surface area contributed by atoms with E-state index >= 15 is 0 Å². The maximum atomic E-state index is 12.6. The molecule has 0 aliphatic rings. The normalized spacial score (nSPS) is 10.6. The fourth-order valence-electron chi connectivity index (χ4n) is 0.881. The first kappa shape index (κ1) is 10.8. The second kappa shape index (κ2) is 5.46. The Hall–Kier alpha value is -1.27. The van der Waals surface area contributed by atoms with Crippen LogP contribution in [0.3, 0.4) is 0 Å². The van der Waals surface area contributed by atoms with E-state index in [1.165, 1.54) is 20.3 Å². The summed E-state index contributed by atoms with van der Waals surface area (Å²) in [6.45, 7) is 0.392. The molecule has 0 aliphatic carbocycles. The van der Waals surface area contributed by atoms with Gasteiger partial charge in [0.15, 0.2) is 6.29 Å². The van der Waals surface area contributed by atoms with E-state index < -0.39 is 5.95 Å². The molecule has 5 nitrogen and oxygen atoms in total. The minimum absolute atomic E-state index is 0.381. The maximum Gasteiger partial charge on any atom is 0.217 e. The highest BCUT2D eigenvalue weighted by Gasteiger charge is 2.04. The molecule has 1 aromatic rings. The van der Waals surface area contributed by atoms with Gasteiger partial charge in [-0.1, -0.05) is 0 Å². The number of anilines is 1. The van der Waals surface area contributed by atoms with Crippen molar-refractivity contribution in [1.29, 1.82) is 0 Å². The Morgan fingerprint density at radius 3 is 2.71 bits per heavy atom. The first-order chi connectivity index (χ1) is 6.76. The predicted molar refractivity (Wildman–Crippen MR) is 48.3 cm³/mol. The standard InChI is InChI=1S/C8H12FN3O2/c1-13-8(14-2)4-10-7-3-6(9)11-5-12-7/h3,5,8H,4H2,1-2H3,(H,10,11,12). The van der Waals surface area contributed by atoms with Crippen LogP contribution in [0.4, 0.5) is 10.2 Å². The minimum Gasteiger partial charge on any atom is -0.365 e. The molecular formula is C8H12FN3O2. The third-order valence-corrected chi connectivity index (χ3v) is 1.61. The summed E-state index contributed by atoms with van der Waals surface area (Å²) < 4.78 is 22.5. The summed E-state index contributed by atoms with van der Waals surface area (Å²) in [6, 6.07) is 1.20. The zero-order valence-corrected chi connectivity index (χ0v) is 8.03. The van der Waals surface area contributed by atoms with E-state index in [-0.39, 0.29) is 6.29 Å². The summed E-state index contributed by atoms with van der Waals surface area (Å²) in [5.74, 6) is -0.175. The van der Waals surface area contributed by atoms with Gasteiger partial charge in [0.25, 0.3) is 0 Å². The average molecular weight is 201 g/mol. The average Bonchev–Trinajstić information content (AvgIpc) is 2.19. The fraction of sp³-hybridized carbons (Fsp3) is 0.500. The minimum atomic E-state index is -0.575. The van der Waals surface area contributed by atoms with Crippen molar-refractivity contribution in [3.05, 3.63) is 18.3 Å². The van der Waals surface area contributed by atoms with Crippen molar-refractivity contribution in [2.75, 3.05) is 26.1 Å². The van der Waals surface area contributed by atoms with Crippen LogP contribution in [0.2, 0.25) is 0 Å². The Morgan fingerprint density at radius 2 is 2.14 bits per heavy atom. The molecule has 0 atom stereocenters. The molecule has 1 aromatic heterocycles. The Balaban J connectivity index is 2.44. The van der Waals surface area contributed by atoms with Crippen LogP contribution in [0, 0.1) is 5.95 Å². The molecule has 0 saturated heterocycles. The molecule has 0 radical (unpaired) electrons. The Morgan fingerprint density at radius 1 is 1.43 bits per heavy atom. The highest BCUT2D eigenvalue weighted by atomic mass is 19.1. The van der Waals surface area contributed by atoms with Gasteiger partial charge >= 0.3 is 0 Å². The van der Waals surface area contributed by atoms with Crippen LogP contribution in [-0.4, -0.2) is 37.0 Å². The van der Waals surface area contributed by atoms with E-state index in [1.54, 1.807) is 0 Å². The van der Waals surface area contributed by atoms with Crippen molar-refractivity contribution in [1.82, 2.24) is 9.97 Å². The van der Waals surface area contributed by atoms with E-state index in [4.69, 9.17) is 9.47 Å². The van der Waals surface area contributed by atoms with Gasteiger partial charge in [-0.2, -0.15) is 4.39 Å². The van der Waals surface area contributed by atoms with E-state index in [0.717, 1.165) is 6.33 Å².